The number of aliphatic imine (C=N–C) groups is 1. The fraction of sp³-hybridized carbons (Fsp3) is 0.300. The van der Waals surface area contributed by atoms with Crippen molar-refractivity contribution in [3.05, 3.63) is 36.4 Å². The lowest BCUT2D eigenvalue weighted by Gasteiger charge is -2.31. The first-order chi connectivity index (χ1) is 7.21. The molecule has 2 unspecified atom stereocenters. The van der Waals surface area contributed by atoms with E-state index in [-0.39, 0.29) is 0 Å². The van der Waals surface area contributed by atoms with Crippen LogP contribution >= 0.6 is 0 Å². The van der Waals surface area contributed by atoms with Gasteiger partial charge in [-0.15, -0.1) is 0 Å². The van der Waals surface area contributed by atoms with E-state index in [9.17, 15) is 0 Å². The summed E-state index contributed by atoms with van der Waals surface area (Å²) in [6, 6.07) is 0. The molecule has 2 heterocycles. The molecule has 0 bridgehead atoms. The first-order valence-corrected chi connectivity index (χ1v) is 4.70. The fourth-order valence-corrected chi connectivity index (χ4v) is 1.54. The van der Waals surface area contributed by atoms with Crippen molar-refractivity contribution < 1.29 is 0 Å². The van der Waals surface area contributed by atoms with Gasteiger partial charge in [0, 0.05) is 25.0 Å². The summed E-state index contributed by atoms with van der Waals surface area (Å²) in [6.45, 7) is 0. The first-order valence-electron chi connectivity index (χ1n) is 4.70. The van der Waals surface area contributed by atoms with Gasteiger partial charge in [0.2, 0.25) is 0 Å². The summed E-state index contributed by atoms with van der Waals surface area (Å²) in [5.74, 6) is 0. The average molecular weight is 203 g/mol. The Balaban J connectivity index is 2.18. The topological polar surface area (TPSA) is 90.2 Å². The second-order valence-electron chi connectivity index (χ2n) is 3.64. The van der Waals surface area contributed by atoms with Gasteiger partial charge in [-0.3, -0.25) is 4.99 Å². The maximum Gasteiger partial charge on any atom is 0.119 e. The predicted octanol–water partition coefficient (Wildman–Crippen LogP) is -0.358. The Morgan fingerprint density at radius 3 is 2.73 bits per heavy atom. The standard InChI is InChI=1S/C10H13N5/c11-9-10(12,2-1-3-15-9)4-8-5-13-7-14-6-8/h1-3,5-7,9H,4,11-12H2. The van der Waals surface area contributed by atoms with Gasteiger partial charge in [-0.1, -0.05) is 6.08 Å². The highest BCUT2D eigenvalue weighted by molar-refractivity contribution is 5.73. The van der Waals surface area contributed by atoms with Crippen LogP contribution in [0.4, 0.5) is 0 Å². The molecule has 0 amide bonds. The molecule has 0 saturated heterocycles. The van der Waals surface area contributed by atoms with Crippen LogP contribution in [0.1, 0.15) is 5.56 Å². The number of dihydropyridines is 1. The lowest BCUT2D eigenvalue weighted by Crippen LogP contribution is -2.55. The lowest BCUT2D eigenvalue weighted by atomic mass is 9.88. The summed E-state index contributed by atoms with van der Waals surface area (Å²) in [5, 5.41) is 0. The highest BCUT2D eigenvalue weighted by atomic mass is 15.0. The van der Waals surface area contributed by atoms with Gasteiger partial charge < -0.3 is 11.5 Å². The number of rotatable bonds is 2. The largest absolute Gasteiger partial charge is 0.319 e. The van der Waals surface area contributed by atoms with Crippen molar-refractivity contribution in [2.45, 2.75) is 18.1 Å². The Morgan fingerprint density at radius 1 is 1.33 bits per heavy atom. The molecule has 1 aliphatic heterocycles. The van der Waals surface area contributed by atoms with Crippen LogP contribution in [0, 0.1) is 0 Å². The Bertz CT molecular complexity index is 386. The van der Waals surface area contributed by atoms with Crippen LogP contribution in [0.2, 0.25) is 0 Å². The molecule has 0 spiro atoms. The van der Waals surface area contributed by atoms with Gasteiger partial charge in [-0.25, -0.2) is 9.97 Å². The van der Waals surface area contributed by atoms with Crippen molar-refractivity contribution in [1.29, 1.82) is 0 Å². The van der Waals surface area contributed by atoms with Crippen molar-refractivity contribution >= 4 is 6.21 Å². The molecule has 1 aliphatic rings. The number of hydrogen-bond acceptors (Lipinski definition) is 5. The van der Waals surface area contributed by atoms with E-state index >= 15 is 0 Å². The zero-order valence-corrected chi connectivity index (χ0v) is 8.24. The van der Waals surface area contributed by atoms with Crippen LogP contribution in [0.5, 0.6) is 0 Å². The highest BCUT2D eigenvalue weighted by Gasteiger charge is 2.31. The van der Waals surface area contributed by atoms with Crippen molar-refractivity contribution in [1.82, 2.24) is 9.97 Å². The van der Waals surface area contributed by atoms with Crippen LogP contribution in [0.25, 0.3) is 0 Å². The molecule has 78 valence electrons. The second kappa shape index (κ2) is 3.88. The molecule has 15 heavy (non-hydrogen) atoms. The maximum atomic E-state index is 6.15. The summed E-state index contributed by atoms with van der Waals surface area (Å²) in [6.07, 6.45) is 10.5. The molecule has 4 N–H and O–H groups in total. The number of allylic oxidation sites excluding steroid dienone is 1. The summed E-state index contributed by atoms with van der Waals surface area (Å²) in [7, 11) is 0. The Kier molecular flexibility index (Phi) is 2.57. The van der Waals surface area contributed by atoms with Crippen molar-refractivity contribution in [3.63, 3.8) is 0 Å². The first kappa shape index (κ1) is 9.95. The van der Waals surface area contributed by atoms with Gasteiger partial charge in [0.05, 0.1) is 5.54 Å². The minimum Gasteiger partial charge on any atom is -0.319 e. The summed E-state index contributed by atoms with van der Waals surface area (Å²) in [4.78, 5) is 12.0. The van der Waals surface area contributed by atoms with Gasteiger partial charge in [0.25, 0.3) is 0 Å². The monoisotopic (exact) mass is 203 g/mol. The number of nitrogens with two attached hydrogens (primary N) is 2. The van der Waals surface area contributed by atoms with Gasteiger partial charge in [-0.2, -0.15) is 0 Å². The zero-order valence-electron chi connectivity index (χ0n) is 8.24. The third kappa shape index (κ3) is 2.08. The lowest BCUT2D eigenvalue weighted by molar-refractivity contribution is 0.425. The van der Waals surface area contributed by atoms with E-state index in [1.807, 2.05) is 12.2 Å². The molecule has 0 aliphatic carbocycles. The van der Waals surface area contributed by atoms with E-state index in [0.717, 1.165) is 5.56 Å². The third-order valence-electron chi connectivity index (χ3n) is 2.41. The molecule has 0 fully saturated rings. The molecule has 1 aromatic rings. The zero-order chi connectivity index (χ0) is 10.7. The van der Waals surface area contributed by atoms with Crippen molar-refractivity contribution in [2.75, 3.05) is 0 Å². The van der Waals surface area contributed by atoms with E-state index in [1.165, 1.54) is 6.33 Å². The molecule has 5 nitrogen and oxygen atoms in total. The van der Waals surface area contributed by atoms with Crippen LogP contribution in [0.3, 0.4) is 0 Å². The highest BCUT2D eigenvalue weighted by Crippen LogP contribution is 2.17. The molecule has 2 atom stereocenters. The SMILES string of the molecule is NC1N=CC=CC1(N)Cc1cncnc1. The number of nitrogens with zero attached hydrogens (tertiary/aromatic N) is 3. The number of aromatic nitrogens is 2. The van der Waals surface area contributed by atoms with Crippen LogP contribution < -0.4 is 11.5 Å². The van der Waals surface area contributed by atoms with E-state index in [1.54, 1.807) is 18.6 Å². The molecule has 2 rings (SSSR count). The van der Waals surface area contributed by atoms with Crippen molar-refractivity contribution in [2.24, 2.45) is 16.5 Å². The second-order valence-corrected chi connectivity index (χ2v) is 3.64. The van der Waals surface area contributed by atoms with Gasteiger partial charge >= 0.3 is 0 Å². The minimum absolute atomic E-state index is 0.414. The van der Waals surface area contributed by atoms with Gasteiger partial charge in [0.15, 0.2) is 0 Å². The minimum atomic E-state index is -0.639. The molecular weight excluding hydrogens is 190 g/mol. The Hall–Kier alpha value is -1.59. The quantitative estimate of drug-likeness (QED) is 0.687. The van der Waals surface area contributed by atoms with E-state index in [0.29, 0.717) is 6.42 Å². The summed E-state index contributed by atoms with van der Waals surface area (Å²) < 4.78 is 0. The maximum absolute atomic E-state index is 6.15. The normalized spacial score (nSPS) is 29.3. The van der Waals surface area contributed by atoms with Gasteiger partial charge in [0.1, 0.15) is 12.5 Å². The summed E-state index contributed by atoms with van der Waals surface area (Å²) in [5.41, 5.74) is 12.3. The van der Waals surface area contributed by atoms with E-state index < -0.39 is 11.7 Å². The Labute approximate surface area is 87.9 Å². The number of hydrogen-bond donors (Lipinski definition) is 2. The molecular formula is C10H13N5. The van der Waals surface area contributed by atoms with Crippen LogP contribution in [0.15, 0.2) is 35.9 Å². The van der Waals surface area contributed by atoms with Crippen LogP contribution in [-0.2, 0) is 6.42 Å². The van der Waals surface area contributed by atoms with Crippen LogP contribution in [-0.4, -0.2) is 27.9 Å². The average Bonchev–Trinajstić information content (AvgIpc) is 2.24. The van der Waals surface area contributed by atoms with Gasteiger partial charge in [-0.05, 0) is 11.6 Å². The molecule has 1 aromatic heterocycles. The molecule has 0 saturated carbocycles. The summed E-state index contributed by atoms with van der Waals surface area (Å²) >= 11 is 0. The third-order valence-corrected chi connectivity index (χ3v) is 2.41. The fourth-order valence-electron chi connectivity index (χ4n) is 1.54. The Morgan fingerprint density at radius 2 is 2.07 bits per heavy atom. The molecule has 0 aromatic carbocycles. The molecule has 0 radical (unpaired) electrons. The molecule has 5 heteroatoms. The van der Waals surface area contributed by atoms with E-state index in [2.05, 4.69) is 15.0 Å². The predicted molar refractivity (Wildman–Crippen MR) is 58.3 cm³/mol. The smallest absolute Gasteiger partial charge is 0.119 e. The van der Waals surface area contributed by atoms with Crippen molar-refractivity contribution in [3.8, 4) is 0 Å². The van der Waals surface area contributed by atoms with E-state index in [4.69, 9.17) is 11.5 Å².